The number of nitrogen functional groups attached to an aromatic ring is 1. The number of anilines is 2. The maximum Gasteiger partial charge on any atom is 0.241 e. The Morgan fingerprint density at radius 2 is 1.82 bits per heavy atom. The molecule has 6 nitrogen and oxygen atoms in total. The van der Waals surface area contributed by atoms with E-state index >= 15 is 0 Å². The van der Waals surface area contributed by atoms with Gasteiger partial charge in [0.15, 0.2) is 11.5 Å². The molecule has 120 valence electrons. The van der Waals surface area contributed by atoms with Gasteiger partial charge in [0.05, 0.1) is 17.4 Å². The third-order valence-corrected chi connectivity index (χ3v) is 4.37. The molecule has 1 aromatic rings. The molecule has 1 fully saturated rings. The zero-order valence-electron chi connectivity index (χ0n) is 12.9. The standard InChI is InChI=1S/C16H23N3O3/c1-11(19-6-4-2-3-5-7-19)16(20)18-13-9-15-14(8-12(13)17)21-10-22-15/h8-9,11H,2-7,10,17H2,1H3,(H,18,20). The highest BCUT2D eigenvalue weighted by atomic mass is 16.7. The maximum absolute atomic E-state index is 12.5. The van der Waals surface area contributed by atoms with E-state index in [1.807, 2.05) is 6.92 Å². The van der Waals surface area contributed by atoms with Crippen LogP contribution in [0.5, 0.6) is 11.5 Å². The Bertz CT molecular complexity index is 554. The molecule has 1 saturated heterocycles. The molecule has 0 spiro atoms. The van der Waals surface area contributed by atoms with E-state index in [0.717, 1.165) is 25.9 Å². The van der Waals surface area contributed by atoms with E-state index in [4.69, 9.17) is 15.2 Å². The molecule has 22 heavy (non-hydrogen) atoms. The van der Waals surface area contributed by atoms with Crippen LogP contribution in [0.3, 0.4) is 0 Å². The second-order valence-corrected chi connectivity index (χ2v) is 5.91. The van der Waals surface area contributed by atoms with Crippen molar-refractivity contribution in [1.82, 2.24) is 4.90 Å². The van der Waals surface area contributed by atoms with Crippen molar-refractivity contribution in [3.63, 3.8) is 0 Å². The third kappa shape index (κ3) is 3.11. The van der Waals surface area contributed by atoms with E-state index in [2.05, 4.69) is 10.2 Å². The smallest absolute Gasteiger partial charge is 0.241 e. The van der Waals surface area contributed by atoms with Crippen LogP contribution in [0.25, 0.3) is 0 Å². The number of nitrogens with zero attached hydrogens (tertiary/aromatic N) is 1. The Morgan fingerprint density at radius 3 is 2.50 bits per heavy atom. The van der Waals surface area contributed by atoms with Crippen molar-refractivity contribution in [2.75, 3.05) is 30.9 Å². The Balaban J connectivity index is 1.68. The lowest BCUT2D eigenvalue weighted by Gasteiger charge is -2.26. The summed E-state index contributed by atoms with van der Waals surface area (Å²) < 4.78 is 10.6. The summed E-state index contributed by atoms with van der Waals surface area (Å²) in [5, 5.41) is 2.92. The van der Waals surface area contributed by atoms with Crippen LogP contribution >= 0.6 is 0 Å². The molecular formula is C16H23N3O3. The molecule has 1 aromatic carbocycles. The number of likely N-dealkylation sites (tertiary alicyclic amines) is 1. The van der Waals surface area contributed by atoms with Gasteiger partial charge >= 0.3 is 0 Å². The summed E-state index contributed by atoms with van der Waals surface area (Å²) in [4.78, 5) is 14.7. The number of hydrogen-bond acceptors (Lipinski definition) is 5. The van der Waals surface area contributed by atoms with Crippen molar-refractivity contribution in [3.05, 3.63) is 12.1 Å². The summed E-state index contributed by atoms with van der Waals surface area (Å²) in [5.41, 5.74) is 7.05. The molecule has 6 heteroatoms. The number of benzene rings is 1. The number of ether oxygens (including phenoxy) is 2. The predicted molar refractivity (Wildman–Crippen MR) is 85.1 cm³/mol. The van der Waals surface area contributed by atoms with Crippen LogP contribution in [-0.4, -0.2) is 36.7 Å². The van der Waals surface area contributed by atoms with E-state index < -0.39 is 0 Å². The molecule has 2 aliphatic heterocycles. The largest absolute Gasteiger partial charge is 0.454 e. The molecule has 0 saturated carbocycles. The van der Waals surface area contributed by atoms with Crippen molar-refractivity contribution in [1.29, 1.82) is 0 Å². The van der Waals surface area contributed by atoms with Gasteiger partial charge in [-0.25, -0.2) is 0 Å². The van der Waals surface area contributed by atoms with Crippen molar-refractivity contribution >= 4 is 17.3 Å². The van der Waals surface area contributed by atoms with Gasteiger partial charge in [0.1, 0.15) is 0 Å². The number of fused-ring (bicyclic) bond motifs is 1. The SMILES string of the molecule is CC(C(=O)Nc1cc2c(cc1N)OCO2)N1CCCCCC1. The monoisotopic (exact) mass is 305 g/mol. The second-order valence-electron chi connectivity index (χ2n) is 5.91. The summed E-state index contributed by atoms with van der Waals surface area (Å²) in [6.45, 7) is 4.09. The minimum absolute atomic E-state index is 0.0348. The third-order valence-electron chi connectivity index (χ3n) is 4.37. The number of nitrogens with two attached hydrogens (primary N) is 1. The first-order valence-electron chi connectivity index (χ1n) is 7.89. The van der Waals surface area contributed by atoms with Gasteiger partial charge in [-0.15, -0.1) is 0 Å². The summed E-state index contributed by atoms with van der Waals surface area (Å²) in [5.74, 6) is 1.20. The number of amides is 1. The molecule has 0 bridgehead atoms. The summed E-state index contributed by atoms with van der Waals surface area (Å²) >= 11 is 0. The first kappa shape index (κ1) is 15.0. The molecule has 0 aliphatic carbocycles. The van der Waals surface area contributed by atoms with Gasteiger partial charge in [-0.3, -0.25) is 9.69 Å². The molecule has 0 radical (unpaired) electrons. The zero-order valence-corrected chi connectivity index (χ0v) is 12.9. The molecule has 1 unspecified atom stereocenters. The van der Waals surface area contributed by atoms with Crippen LogP contribution in [0.15, 0.2) is 12.1 Å². The van der Waals surface area contributed by atoms with Crippen LogP contribution in [0, 0.1) is 0 Å². The lowest BCUT2D eigenvalue weighted by molar-refractivity contribution is -0.120. The first-order chi connectivity index (χ1) is 10.6. The van der Waals surface area contributed by atoms with Crippen molar-refractivity contribution in [2.45, 2.75) is 38.6 Å². The number of rotatable bonds is 3. The highest BCUT2D eigenvalue weighted by Crippen LogP contribution is 2.38. The number of hydrogen-bond donors (Lipinski definition) is 2. The zero-order chi connectivity index (χ0) is 15.5. The fraction of sp³-hybridized carbons (Fsp3) is 0.562. The van der Waals surface area contributed by atoms with Gasteiger partial charge in [-0.05, 0) is 32.9 Å². The average Bonchev–Trinajstić information content (AvgIpc) is 2.79. The van der Waals surface area contributed by atoms with Crippen LogP contribution in [0.1, 0.15) is 32.6 Å². The molecule has 2 aliphatic rings. The van der Waals surface area contributed by atoms with Crippen LogP contribution in [0.2, 0.25) is 0 Å². The van der Waals surface area contributed by atoms with Crippen LogP contribution in [0.4, 0.5) is 11.4 Å². The average molecular weight is 305 g/mol. The molecule has 2 heterocycles. The Labute approximate surface area is 130 Å². The molecule has 3 rings (SSSR count). The Kier molecular flexibility index (Phi) is 4.38. The van der Waals surface area contributed by atoms with E-state index in [-0.39, 0.29) is 18.7 Å². The van der Waals surface area contributed by atoms with Crippen LogP contribution < -0.4 is 20.5 Å². The van der Waals surface area contributed by atoms with Gasteiger partial charge < -0.3 is 20.5 Å². The van der Waals surface area contributed by atoms with Crippen LogP contribution in [-0.2, 0) is 4.79 Å². The highest BCUT2D eigenvalue weighted by molar-refractivity contribution is 5.97. The minimum atomic E-state index is -0.164. The number of nitrogens with one attached hydrogen (secondary N) is 1. The summed E-state index contributed by atoms with van der Waals surface area (Å²) in [7, 11) is 0. The van der Waals surface area contributed by atoms with Crippen molar-refractivity contribution in [3.8, 4) is 11.5 Å². The number of carbonyl (C=O) groups excluding carboxylic acids is 1. The molecular weight excluding hydrogens is 282 g/mol. The van der Waals surface area contributed by atoms with Crippen molar-refractivity contribution < 1.29 is 14.3 Å². The fourth-order valence-corrected chi connectivity index (χ4v) is 2.95. The van der Waals surface area contributed by atoms with E-state index in [9.17, 15) is 4.79 Å². The maximum atomic E-state index is 12.5. The normalized spacial score (nSPS) is 19.5. The Morgan fingerprint density at radius 1 is 1.18 bits per heavy atom. The van der Waals surface area contributed by atoms with Gasteiger partial charge in [0.25, 0.3) is 0 Å². The quantitative estimate of drug-likeness (QED) is 0.837. The fourth-order valence-electron chi connectivity index (χ4n) is 2.95. The first-order valence-corrected chi connectivity index (χ1v) is 7.89. The second kappa shape index (κ2) is 6.44. The summed E-state index contributed by atoms with van der Waals surface area (Å²) in [6.07, 6.45) is 4.81. The van der Waals surface area contributed by atoms with Gasteiger partial charge in [-0.1, -0.05) is 12.8 Å². The number of carbonyl (C=O) groups is 1. The molecule has 3 N–H and O–H groups in total. The highest BCUT2D eigenvalue weighted by Gasteiger charge is 2.24. The lowest BCUT2D eigenvalue weighted by Crippen LogP contribution is -2.42. The summed E-state index contributed by atoms with van der Waals surface area (Å²) in [6, 6.07) is 3.25. The molecule has 1 atom stereocenters. The van der Waals surface area contributed by atoms with E-state index in [1.165, 1.54) is 12.8 Å². The molecule has 0 aromatic heterocycles. The predicted octanol–water partition coefficient (Wildman–Crippen LogP) is 2.20. The van der Waals surface area contributed by atoms with E-state index in [0.29, 0.717) is 22.9 Å². The van der Waals surface area contributed by atoms with Gasteiger partial charge in [0, 0.05) is 12.1 Å². The lowest BCUT2D eigenvalue weighted by atomic mass is 10.2. The Hall–Kier alpha value is -1.95. The van der Waals surface area contributed by atoms with Gasteiger partial charge in [-0.2, -0.15) is 0 Å². The molecule has 1 amide bonds. The van der Waals surface area contributed by atoms with Crippen molar-refractivity contribution in [2.24, 2.45) is 0 Å². The van der Waals surface area contributed by atoms with E-state index in [1.54, 1.807) is 12.1 Å². The minimum Gasteiger partial charge on any atom is -0.454 e. The topological polar surface area (TPSA) is 76.8 Å². The van der Waals surface area contributed by atoms with Gasteiger partial charge in [0.2, 0.25) is 12.7 Å².